The highest BCUT2D eigenvalue weighted by Gasteiger charge is 2.13. The first kappa shape index (κ1) is 14.2. The molecule has 1 N–H and O–H groups in total. The lowest BCUT2D eigenvalue weighted by molar-refractivity contribution is 0.578. The number of nitrogens with one attached hydrogen (secondary N) is 1. The van der Waals surface area contributed by atoms with Crippen LogP contribution in [0.25, 0.3) is 0 Å². The van der Waals surface area contributed by atoms with E-state index in [1.165, 1.54) is 0 Å². The van der Waals surface area contributed by atoms with Gasteiger partial charge in [-0.05, 0) is 6.42 Å². The minimum atomic E-state index is -3.47. The monoisotopic (exact) mass is 263 g/mol. The van der Waals surface area contributed by atoms with Gasteiger partial charge >= 0.3 is 0 Å². The van der Waals surface area contributed by atoms with E-state index < -0.39 is 25.6 Å². The molecule has 5 nitrogen and oxygen atoms in total. The molecule has 0 saturated carbocycles. The molecule has 86 valence electrons. The van der Waals surface area contributed by atoms with Crippen LogP contribution >= 0.6 is 11.6 Å². The molecule has 0 saturated heterocycles. The molecule has 0 atom stereocenters. The van der Waals surface area contributed by atoms with Crippen molar-refractivity contribution >= 4 is 31.5 Å². The summed E-state index contributed by atoms with van der Waals surface area (Å²) in [5.74, 6) is -0.383. The molecule has 0 unspecified atom stereocenters. The molecule has 0 aromatic heterocycles. The van der Waals surface area contributed by atoms with Crippen LogP contribution in [0.5, 0.6) is 0 Å². The fourth-order valence-electron chi connectivity index (χ4n) is 0.628. The summed E-state index contributed by atoms with van der Waals surface area (Å²) in [6, 6.07) is 0. The summed E-state index contributed by atoms with van der Waals surface area (Å²) >= 11 is 5.35. The molecule has 0 aromatic carbocycles. The first-order valence-electron chi connectivity index (χ1n) is 3.98. The maximum Gasteiger partial charge on any atom is 0.212 e. The molecule has 0 bridgehead atoms. The van der Waals surface area contributed by atoms with Gasteiger partial charge in [-0.1, -0.05) is 0 Å². The third-order valence-corrected chi connectivity index (χ3v) is 4.21. The van der Waals surface area contributed by atoms with Gasteiger partial charge in [-0.25, -0.2) is 21.6 Å². The highest BCUT2D eigenvalue weighted by Crippen LogP contribution is 1.91. The second-order valence-electron chi connectivity index (χ2n) is 2.89. The second kappa shape index (κ2) is 5.89. The van der Waals surface area contributed by atoms with E-state index in [2.05, 4.69) is 4.72 Å². The van der Waals surface area contributed by atoms with Crippen molar-refractivity contribution in [1.82, 2.24) is 4.72 Å². The number of hydrogen-bond donors (Lipinski definition) is 1. The van der Waals surface area contributed by atoms with E-state index in [1.54, 1.807) is 0 Å². The van der Waals surface area contributed by atoms with Gasteiger partial charge in [-0.15, -0.1) is 11.6 Å². The zero-order valence-electron chi connectivity index (χ0n) is 7.86. The molecule has 0 aliphatic rings. The van der Waals surface area contributed by atoms with Crippen LogP contribution in [0.2, 0.25) is 0 Å². The quantitative estimate of drug-likeness (QED) is 0.500. The molecule has 14 heavy (non-hydrogen) atoms. The number of sulfone groups is 1. The molecule has 0 fully saturated rings. The Hall–Kier alpha value is 0.150. The minimum absolute atomic E-state index is 0.246. The van der Waals surface area contributed by atoms with Gasteiger partial charge in [-0.2, -0.15) is 0 Å². The van der Waals surface area contributed by atoms with Crippen molar-refractivity contribution in [1.29, 1.82) is 0 Å². The number of hydrogen-bond acceptors (Lipinski definition) is 4. The van der Waals surface area contributed by atoms with Gasteiger partial charge in [0.1, 0.15) is 9.84 Å². The zero-order chi connectivity index (χ0) is 11.2. The normalized spacial score (nSPS) is 13.0. The van der Waals surface area contributed by atoms with Gasteiger partial charge in [-0.3, -0.25) is 0 Å². The third-order valence-electron chi connectivity index (χ3n) is 1.36. The first-order chi connectivity index (χ1) is 6.27. The van der Waals surface area contributed by atoms with Crippen molar-refractivity contribution in [3.05, 3.63) is 0 Å². The average molecular weight is 264 g/mol. The Bertz CT molecular complexity index is 348. The highest BCUT2D eigenvalue weighted by atomic mass is 35.5. The Morgan fingerprint density at radius 2 is 1.71 bits per heavy atom. The largest absolute Gasteiger partial charge is 0.229 e. The van der Waals surface area contributed by atoms with Gasteiger partial charge < -0.3 is 0 Å². The van der Waals surface area contributed by atoms with Crippen LogP contribution in [0, 0.1) is 0 Å². The Morgan fingerprint density at radius 1 is 1.14 bits per heavy atom. The van der Waals surface area contributed by atoms with Crippen LogP contribution in [-0.4, -0.2) is 47.0 Å². The molecule has 0 aromatic rings. The lowest BCUT2D eigenvalue weighted by Gasteiger charge is -2.04. The summed E-state index contributed by atoms with van der Waals surface area (Å²) in [6.07, 6.45) is 1.53. The van der Waals surface area contributed by atoms with Crippen LogP contribution in [0.3, 0.4) is 0 Å². The maximum absolute atomic E-state index is 11.1. The van der Waals surface area contributed by atoms with E-state index in [1.807, 2.05) is 0 Å². The van der Waals surface area contributed by atoms with Crippen LogP contribution in [0.4, 0.5) is 0 Å². The van der Waals surface area contributed by atoms with Crippen molar-refractivity contribution in [3.8, 4) is 0 Å². The summed E-state index contributed by atoms with van der Waals surface area (Å²) in [6.45, 7) is 0.246. The number of rotatable bonds is 7. The lowest BCUT2D eigenvalue weighted by Crippen LogP contribution is -2.30. The van der Waals surface area contributed by atoms with Crippen molar-refractivity contribution < 1.29 is 16.8 Å². The summed E-state index contributed by atoms with van der Waals surface area (Å²) in [4.78, 5) is 0. The average Bonchev–Trinajstić information content (AvgIpc) is 2.00. The van der Waals surface area contributed by atoms with Gasteiger partial charge in [0.25, 0.3) is 0 Å². The Labute approximate surface area is 89.8 Å². The van der Waals surface area contributed by atoms with E-state index in [0.29, 0.717) is 12.3 Å². The minimum Gasteiger partial charge on any atom is -0.229 e. The fourth-order valence-corrected chi connectivity index (χ4v) is 3.45. The zero-order valence-corrected chi connectivity index (χ0v) is 10.3. The Balaban J connectivity index is 3.97. The third kappa shape index (κ3) is 8.74. The van der Waals surface area contributed by atoms with Crippen molar-refractivity contribution in [2.75, 3.05) is 30.2 Å². The van der Waals surface area contributed by atoms with Crippen molar-refractivity contribution in [2.24, 2.45) is 0 Å². The molecule has 0 aliphatic carbocycles. The predicted octanol–water partition coefficient (Wildman–Crippen LogP) is -0.421. The van der Waals surface area contributed by atoms with Crippen LogP contribution in [0.1, 0.15) is 6.42 Å². The fraction of sp³-hybridized carbons (Fsp3) is 1.00. The molecular weight excluding hydrogens is 250 g/mol. The number of halogens is 1. The van der Waals surface area contributed by atoms with Gasteiger partial charge in [0.05, 0.1) is 11.5 Å². The van der Waals surface area contributed by atoms with Gasteiger partial charge in [0.2, 0.25) is 10.0 Å². The Kier molecular flexibility index (Phi) is 5.96. The van der Waals surface area contributed by atoms with Crippen LogP contribution in [0.15, 0.2) is 0 Å². The van der Waals surface area contributed by atoms with Crippen molar-refractivity contribution in [3.63, 3.8) is 0 Å². The second-order valence-corrected chi connectivity index (χ2v) is 7.45. The highest BCUT2D eigenvalue weighted by molar-refractivity contribution is 7.93. The smallest absolute Gasteiger partial charge is 0.212 e. The van der Waals surface area contributed by atoms with E-state index in [-0.39, 0.29) is 12.3 Å². The molecule has 0 spiro atoms. The van der Waals surface area contributed by atoms with Crippen LogP contribution < -0.4 is 4.72 Å². The van der Waals surface area contributed by atoms with E-state index in [0.717, 1.165) is 6.26 Å². The first-order valence-corrected chi connectivity index (χ1v) is 8.22. The maximum atomic E-state index is 11.1. The van der Waals surface area contributed by atoms with Crippen LogP contribution in [-0.2, 0) is 19.9 Å². The Morgan fingerprint density at radius 3 is 2.14 bits per heavy atom. The number of sulfonamides is 1. The molecule has 0 radical (unpaired) electrons. The molecular formula is C6H14ClNO4S2. The van der Waals surface area contributed by atoms with Gasteiger partial charge in [0, 0.05) is 18.7 Å². The molecule has 8 heteroatoms. The predicted molar refractivity (Wildman–Crippen MR) is 56.8 cm³/mol. The van der Waals surface area contributed by atoms with E-state index >= 15 is 0 Å². The summed E-state index contributed by atoms with van der Waals surface area (Å²) in [7, 11) is -6.71. The molecule has 0 amide bonds. The number of alkyl halides is 1. The summed E-state index contributed by atoms with van der Waals surface area (Å²) < 4.78 is 45.9. The standard InChI is InChI=1S/C6H14ClNO4S2/c1-13(9,10)5-6-14(11,12)8-4-2-3-7/h8H,2-6H2,1H3. The summed E-state index contributed by atoms with van der Waals surface area (Å²) in [5, 5.41) is 0. The molecule has 0 aliphatic heterocycles. The lowest BCUT2D eigenvalue weighted by atomic mass is 10.5. The topological polar surface area (TPSA) is 80.3 Å². The summed E-state index contributed by atoms with van der Waals surface area (Å²) in [5.41, 5.74) is 0. The van der Waals surface area contributed by atoms with Gasteiger partial charge in [0.15, 0.2) is 0 Å². The SMILES string of the molecule is CS(=O)(=O)CCS(=O)(=O)NCCCCl. The molecule has 0 rings (SSSR count). The van der Waals surface area contributed by atoms with Crippen molar-refractivity contribution in [2.45, 2.75) is 6.42 Å². The van der Waals surface area contributed by atoms with E-state index in [9.17, 15) is 16.8 Å². The van der Waals surface area contributed by atoms with E-state index in [4.69, 9.17) is 11.6 Å². The molecule has 0 heterocycles.